The summed E-state index contributed by atoms with van der Waals surface area (Å²) < 4.78 is 0. The summed E-state index contributed by atoms with van der Waals surface area (Å²) in [6.45, 7) is 0.182. The lowest BCUT2D eigenvalue weighted by atomic mass is 9.85. The molecule has 2 atom stereocenters. The zero-order valence-corrected chi connectivity index (χ0v) is 11.2. The second kappa shape index (κ2) is 6.47. The fourth-order valence-electron chi connectivity index (χ4n) is 2.63. The Morgan fingerprint density at radius 2 is 2.15 bits per heavy atom. The molecule has 1 saturated carbocycles. The average Bonchev–Trinajstić information content (AvgIpc) is 2.45. The molecule has 1 fully saturated rings. The summed E-state index contributed by atoms with van der Waals surface area (Å²) in [5, 5.41) is 13.7. The third-order valence-electron chi connectivity index (χ3n) is 3.73. The topological polar surface area (TPSA) is 98.3 Å². The number of carbonyl (C=O) groups excluding carboxylic acids is 1. The first-order chi connectivity index (χ1) is 9.58. The van der Waals surface area contributed by atoms with Crippen LogP contribution in [0.15, 0.2) is 24.3 Å². The third-order valence-corrected chi connectivity index (χ3v) is 3.73. The number of carbonyl (C=O) groups is 1. The van der Waals surface area contributed by atoms with Gasteiger partial charge in [-0.2, -0.15) is 0 Å². The van der Waals surface area contributed by atoms with Crippen molar-refractivity contribution < 1.29 is 9.72 Å². The lowest BCUT2D eigenvalue weighted by Crippen LogP contribution is -2.37. The van der Waals surface area contributed by atoms with Gasteiger partial charge in [-0.3, -0.25) is 14.9 Å². The smallest absolute Gasteiger partial charge is 0.274 e. The molecule has 20 heavy (non-hydrogen) atoms. The highest BCUT2D eigenvalue weighted by Crippen LogP contribution is 2.23. The molecule has 1 aromatic carbocycles. The van der Waals surface area contributed by atoms with Crippen LogP contribution in [-0.4, -0.2) is 16.9 Å². The van der Waals surface area contributed by atoms with Gasteiger partial charge in [-0.15, -0.1) is 0 Å². The van der Waals surface area contributed by atoms with Crippen LogP contribution in [0.1, 0.15) is 31.2 Å². The number of hydrogen-bond donors (Lipinski definition) is 2. The molecular formula is C14H19N3O3. The molecule has 6 nitrogen and oxygen atoms in total. The lowest BCUT2D eigenvalue weighted by molar-refractivity contribution is -0.385. The van der Waals surface area contributed by atoms with Crippen molar-refractivity contribution in [1.29, 1.82) is 0 Å². The van der Waals surface area contributed by atoms with Gasteiger partial charge in [0, 0.05) is 30.1 Å². The van der Waals surface area contributed by atoms with Crippen LogP contribution in [-0.2, 0) is 11.3 Å². The van der Waals surface area contributed by atoms with Crippen LogP contribution in [0.4, 0.5) is 5.69 Å². The summed E-state index contributed by atoms with van der Waals surface area (Å²) in [5.74, 6) is -0.125. The maximum Gasteiger partial charge on any atom is 0.274 e. The van der Waals surface area contributed by atoms with E-state index in [4.69, 9.17) is 5.73 Å². The van der Waals surface area contributed by atoms with E-state index in [1.54, 1.807) is 18.2 Å². The van der Waals surface area contributed by atoms with Crippen molar-refractivity contribution in [2.45, 2.75) is 38.3 Å². The highest BCUT2D eigenvalue weighted by Gasteiger charge is 2.25. The second-order valence-corrected chi connectivity index (χ2v) is 5.23. The van der Waals surface area contributed by atoms with Gasteiger partial charge in [0.25, 0.3) is 5.69 Å². The van der Waals surface area contributed by atoms with Crippen molar-refractivity contribution in [3.05, 3.63) is 39.9 Å². The van der Waals surface area contributed by atoms with E-state index in [1.807, 2.05) is 0 Å². The predicted molar refractivity (Wildman–Crippen MR) is 74.9 cm³/mol. The summed E-state index contributed by atoms with van der Waals surface area (Å²) in [5.41, 5.74) is 6.42. The van der Waals surface area contributed by atoms with Gasteiger partial charge in [-0.25, -0.2) is 0 Å². The first-order valence-corrected chi connectivity index (χ1v) is 6.83. The Balaban J connectivity index is 1.95. The molecule has 2 rings (SSSR count). The molecule has 3 N–H and O–H groups in total. The average molecular weight is 277 g/mol. The minimum Gasteiger partial charge on any atom is -0.352 e. The molecule has 1 aromatic rings. The number of amides is 1. The number of rotatable bonds is 4. The van der Waals surface area contributed by atoms with Gasteiger partial charge in [-0.05, 0) is 19.3 Å². The molecule has 6 heteroatoms. The van der Waals surface area contributed by atoms with E-state index in [9.17, 15) is 14.9 Å². The van der Waals surface area contributed by atoms with Crippen molar-refractivity contribution in [2.24, 2.45) is 11.7 Å². The van der Waals surface area contributed by atoms with E-state index in [1.165, 1.54) is 6.07 Å². The van der Waals surface area contributed by atoms with Crippen LogP contribution in [0.5, 0.6) is 0 Å². The standard InChI is InChI=1S/C14H19N3O3/c15-12-6-3-5-10(8-12)14(18)16-9-11-4-1-2-7-13(11)17(19)20/h1-2,4,7,10,12H,3,5-6,8-9,15H2,(H,16,18). The van der Waals surface area contributed by atoms with Gasteiger partial charge in [-0.1, -0.05) is 24.6 Å². The Morgan fingerprint density at radius 1 is 1.40 bits per heavy atom. The fourth-order valence-corrected chi connectivity index (χ4v) is 2.63. The number of nitro groups is 1. The molecule has 0 heterocycles. The van der Waals surface area contributed by atoms with Gasteiger partial charge in [0.1, 0.15) is 0 Å². The molecule has 108 valence electrons. The van der Waals surface area contributed by atoms with Gasteiger partial charge >= 0.3 is 0 Å². The molecule has 2 unspecified atom stereocenters. The lowest BCUT2D eigenvalue weighted by Gasteiger charge is -2.25. The Labute approximate surface area is 117 Å². The number of nitrogens with one attached hydrogen (secondary N) is 1. The molecule has 0 saturated heterocycles. The monoisotopic (exact) mass is 277 g/mol. The summed E-state index contributed by atoms with van der Waals surface area (Å²) in [6, 6.07) is 6.53. The predicted octanol–water partition coefficient (Wildman–Crippen LogP) is 1.73. The molecule has 0 aromatic heterocycles. The number of benzene rings is 1. The number of nitrogens with two attached hydrogens (primary N) is 1. The van der Waals surface area contributed by atoms with Gasteiger partial charge < -0.3 is 11.1 Å². The number of para-hydroxylation sites is 1. The van der Waals surface area contributed by atoms with E-state index in [0.717, 1.165) is 19.3 Å². The molecule has 0 aliphatic heterocycles. The van der Waals surface area contributed by atoms with Crippen LogP contribution in [0.25, 0.3) is 0 Å². The van der Waals surface area contributed by atoms with Crippen LogP contribution in [0.2, 0.25) is 0 Å². The summed E-state index contributed by atoms with van der Waals surface area (Å²) in [7, 11) is 0. The van der Waals surface area contributed by atoms with Gasteiger partial charge in [0.05, 0.1) is 4.92 Å². The van der Waals surface area contributed by atoms with Crippen molar-refractivity contribution in [1.82, 2.24) is 5.32 Å². The first-order valence-electron chi connectivity index (χ1n) is 6.83. The Hall–Kier alpha value is -1.95. The highest BCUT2D eigenvalue weighted by atomic mass is 16.6. The van der Waals surface area contributed by atoms with Crippen molar-refractivity contribution in [3.8, 4) is 0 Å². The van der Waals surface area contributed by atoms with Crippen LogP contribution >= 0.6 is 0 Å². The van der Waals surface area contributed by atoms with Crippen LogP contribution in [0.3, 0.4) is 0 Å². The molecule has 0 spiro atoms. The largest absolute Gasteiger partial charge is 0.352 e. The van der Waals surface area contributed by atoms with Crippen molar-refractivity contribution >= 4 is 11.6 Å². The molecular weight excluding hydrogens is 258 g/mol. The minimum atomic E-state index is -0.433. The highest BCUT2D eigenvalue weighted by molar-refractivity contribution is 5.78. The summed E-state index contributed by atoms with van der Waals surface area (Å²) >= 11 is 0. The Kier molecular flexibility index (Phi) is 4.68. The molecule has 0 radical (unpaired) electrons. The van der Waals surface area contributed by atoms with Crippen LogP contribution < -0.4 is 11.1 Å². The quantitative estimate of drug-likeness (QED) is 0.646. The van der Waals surface area contributed by atoms with E-state index in [-0.39, 0.29) is 30.1 Å². The number of nitrogens with zero attached hydrogens (tertiary/aromatic N) is 1. The Bertz CT molecular complexity index is 504. The zero-order valence-electron chi connectivity index (χ0n) is 11.2. The molecule has 1 aliphatic carbocycles. The summed E-state index contributed by atoms with van der Waals surface area (Å²) in [4.78, 5) is 22.5. The Morgan fingerprint density at radius 3 is 2.85 bits per heavy atom. The molecule has 1 aliphatic rings. The fraction of sp³-hybridized carbons (Fsp3) is 0.500. The van der Waals surface area contributed by atoms with E-state index in [2.05, 4.69) is 5.32 Å². The van der Waals surface area contributed by atoms with Crippen LogP contribution in [0, 0.1) is 16.0 Å². The molecule has 1 amide bonds. The maximum absolute atomic E-state index is 12.1. The zero-order chi connectivity index (χ0) is 14.5. The second-order valence-electron chi connectivity index (χ2n) is 5.23. The van der Waals surface area contributed by atoms with Gasteiger partial charge in [0.15, 0.2) is 0 Å². The van der Waals surface area contributed by atoms with E-state index < -0.39 is 4.92 Å². The minimum absolute atomic E-state index is 0.0353. The van der Waals surface area contributed by atoms with E-state index >= 15 is 0 Å². The van der Waals surface area contributed by atoms with E-state index in [0.29, 0.717) is 12.0 Å². The molecule has 0 bridgehead atoms. The summed E-state index contributed by atoms with van der Waals surface area (Å²) in [6.07, 6.45) is 3.47. The third kappa shape index (κ3) is 3.54. The normalized spacial score (nSPS) is 22.2. The number of hydrogen-bond acceptors (Lipinski definition) is 4. The first kappa shape index (κ1) is 14.5. The maximum atomic E-state index is 12.1. The SMILES string of the molecule is NC1CCCC(C(=O)NCc2ccccc2[N+](=O)[O-])C1. The van der Waals surface area contributed by atoms with Crippen molar-refractivity contribution in [2.75, 3.05) is 0 Å². The van der Waals surface area contributed by atoms with Gasteiger partial charge in [0.2, 0.25) is 5.91 Å². The van der Waals surface area contributed by atoms with Crippen molar-refractivity contribution in [3.63, 3.8) is 0 Å². The number of nitro benzene ring substituents is 1.